The molecule has 1 heterocycles. The number of nitro groups is 1. The third-order valence-electron chi connectivity index (χ3n) is 4.16. The number of nitrogens with one attached hydrogen (secondary N) is 1. The van der Waals surface area contributed by atoms with Crippen LogP contribution in [0.25, 0.3) is 0 Å². The number of halogens is 3. The Hall–Kier alpha value is -2.43. The van der Waals surface area contributed by atoms with Gasteiger partial charge in [-0.3, -0.25) is 14.9 Å². The van der Waals surface area contributed by atoms with Gasteiger partial charge in [-0.25, -0.2) is 0 Å². The van der Waals surface area contributed by atoms with Gasteiger partial charge in [-0.05, 0) is 24.4 Å². The minimum Gasteiger partial charge on any atom is -0.362 e. The summed E-state index contributed by atoms with van der Waals surface area (Å²) in [6, 6.07) is 2.51. The van der Waals surface area contributed by atoms with Crippen LogP contribution in [0.15, 0.2) is 18.2 Å². The Labute approximate surface area is 159 Å². The molecule has 1 fully saturated rings. The first kappa shape index (κ1) is 20.9. The summed E-state index contributed by atoms with van der Waals surface area (Å²) < 4.78 is 38.4. The summed E-state index contributed by atoms with van der Waals surface area (Å²) in [5.74, 6) is -0.431. The van der Waals surface area contributed by atoms with Crippen LogP contribution in [0.2, 0.25) is 0 Å². The molecule has 0 unspecified atom stereocenters. The van der Waals surface area contributed by atoms with Crippen molar-refractivity contribution in [1.29, 1.82) is 0 Å². The topological polar surface area (TPSA) is 78.7 Å². The average molecular weight is 404 g/mol. The van der Waals surface area contributed by atoms with Gasteiger partial charge in [0, 0.05) is 38.2 Å². The molecule has 7 nitrogen and oxygen atoms in total. The van der Waals surface area contributed by atoms with Crippen LogP contribution in [0.4, 0.5) is 24.5 Å². The summed E-state index contributed by atoms with van der Waals surface area (Å²) in [5.41, 5.74) is -1.52. The van der Waals surface area contributed by atoms with Crippen LogP contribution in [0.3, 0.4) is 0 Å². The molecule has 1 aromatic rings. The summed E-state index contributed by atoms with van der Waals surface area (Å²) in [5, 5.41) is 14.1. The average Bonchev–Trinajstić information content (AvgIpc) is 2.60. The fraction of sp³-hybridized carbons (Fsp3) is 0.500. The molecule has 1 aromatic carbocycles. The highest BCUT2D eigenvalue weighted by Crippen LogP contribution is 2.36. The minimum atomic E-state index is -4.65. The van der Waals surface area contributed by atoms with Crippen LogP contribution in [0.5, 0.6) is 0 Å². The van der Waals surface area contributed by atoms with Crippen molar-refractivity contribution in [1.82, 2.24) is 10.2 Å². The Morgan fingerprint density at radius 3 is 2.33 bits per heavy atom. The maximum Gasteiger partial charge on any atom is 0.416 e. The lowest BCUT2D eigenvalue weighted by Gasteiger charge is -2.37. The van der Waals surface area contributed by atoms with Crippen molar-refractivity contribution in [2.75, 3.05) is 31.1 Å². The predicted octanol–water partition coefficient (Wildman–Crippen LogP) is 2.79. The third kappa shape index (κ3) is 5.06. The van der Waals surface area contributed by atoms with Crippen molar-refractivity contribution < 1.29 is 22.9 Å². The number of rotatable bonds is 3. The van der Waals surface area contributed by atoms with Crippen LogP contribution in [-0.2, 0) is 11.0 Å². The number of piperazine rings is 1. The minimum absolute atomic E-state index is 0.129. The van der Waals surface area contributed by atoms with Crippen LogP contribution in [0, 0.1) is 16.0 Å². The highest BCUT2D eigenvalue weighted by molar-refractivity contribution is 7.80. The zero-order valence-electron chi connectivity index (χ0n) is 14.7. The summed E-state index contributed by atoms with van der Waals surface area (Å²) in [4.78, 5) is 25.5. The van der Waals surface area contributed by atoms with Crippen molar-refractivity contribution in [3.63, 3.8) is 0 Å². The van der Waals surface area contributed by atoms with E-state index < -0.39 is 22.4 Å². The highest BCUT2D eigenvalue weighted by Gasteiger charge is 2.34. The molecule has 0 aromatic heterocycles. The number of hydrogen-bond donors (Lipinski definition) is 1. The maximum absolute atomic E-state index is 12.8. The number of nitrogens with zero attached hydrogens (tertiary/aromatic N) is 3. The van der Waals surface area contributed by atoms with E-state index in [2.05, 4.69) is 5.32 Å². The number of alkyl halides is 3. The molecule has 1 amide bonds. The molecular weight excluding hydrogens is 385 g/mol. The number of benzene rings is 1. The largest absolute Gasteiger partial charge is 0.416 e. The lowest BCUT2D eigenvalue weighted by molar-refractivity contribution is -0.384. The monoisotopic (exact) mass is 404 g/mol. The number of carbonyl (C=O) groups excluding carboxylic acids is 1. The van der Waals surface area contributed by atoms with E-state index in [1.807, 2.05) is 0 Å². The van der Waals surface area contributed by atoms with Gasteiger partial charge in [0.25, 0.3) is 5.69 Å². The molecular formula is C16H19F3N4O3S. The predicted molar refractivity (Wildman–Crippen MR) is 97.5 cm³/mol. The zero-order valence-corrected chi connectivity index (χ0v) is 15.6. The molecule has 0 aliphatic carbocycles. The van der Waals surface area contributed by atoms with Gasteiger partial charge in [-0.1, -0.05) is 13.8 Å². The van der Waals surface area contributed by atoms with E-state index in [4.69, 9.17) is 12.2 Å². The van der Waals surface area contributed by atoms with Gasteiger partial charge in [0.1, 0.15) is 5.69 Å². The van der Waals surface area contributed by atoms with E-state index >= 15 is 0 Å². The van der Waals surface area contributed by atoms with Crippen molar-refractivity contribution in [3.8, 4) is 0 Å². The Balaban J connectivity index is 2.10. The van der Waals surface area contributed by atoms with Gasteiger partial charge in [0.15, 0.2) is 5.11 Å². The molecule has 1 saturated heterocycles. The Morgan fingerprint density at radius 1 is 1.26 bits per heavy atom. The number of nitro benzene ring substituents is 1. The number of carbonyl (C=O) groups is 1. The third-order valence-corrected chi connectivity index (χ3v) is 4.52. The Morgan fingerprint density at radius 2 is 1.85 bits per heavy atom. The summed E-state index contributed by atoms with van der Waals surface area (Å²) in [6.45, 7) is 4.89. The second kappa shape index (κ2) is 8.07. The summed E-state index contributed by atoms with van der Waals surface area (Å²) >= 11 is 5.19. The second-order valence-corrected chi connectivity index (χ2v) is 6.77. The number of hydrogen-bond acceptors (Lipinski definition) is 5. The standard InChI is InChI=1S/C16H19F3N4O3S/c1-10(2)14(24)20-15(27)22-7-5-21(6-8-22)12-4-3-11(16(17,18)19)9-13(12)23(25)26/h3-4,9-10H,5-8H2,1-2H3,(H,20,24,27). The van der Waals surface area contributed by atoms with Gasteiger partial charge in [-0.15, -0.1) is 0 Å². The SMILES string of the molecule is CC(C)C(=O)NC(=S)N1CCN(c2ccc(C(F)(F)F)cc2[N+](=O)[O-])CC1. The molecule has 1 aliphatic heterocycles. The van der Waals surface area contributed by atoms with Crippen molar-refractivity contribution in [2.24, 2.45) is 5.92 Å². The Kier molecular flexibility index (Phi) is 6.24. The van der Waals surface area contributed by atoms with Gasteiger partial charge < -0.3 is 15.1 Å². The molecule has 0 radical (unpaired) electrons. The number of anilines is 1. The normalized spacial score (nSPS) is 15.0. The van der Waals surface area contributed by atoms with Crippen LogP contribution in [0.1, 0.15) is 19.4 Å². The zero-order chi connectivity index (χ0) is 20.4. The van der Waals surface area contributed by atoms with Gasteiger partial charge in [-0.2, -0.15) is 13.2 Å². The summed E-state index contributed by atoms with van der Waals surface area (Å²) in [6.07, 6.45) is -4.65. The van der Waals surface area contributed by atoms with E-state index in [1.165, 1.54) is 0 Å². The van der Waals surface area contributed by atoms with Crippen molar-refractivity contribution in [3.05, 3.63) is 33.9 Å². The van der Waals surface area contributed by atoms with Crippen molar-refractivity contribution >= 4 is 34.6 Å². The first-order valence-corrected chi connectivity index (χ1v) is 8.62. The van der Waals surface area contributed by atoms with Gasteiger partial charge >= 0.3 is 6.18 Å². The van der Waals surface area contributed by atoms with Crippen LogP contribution in [-0.4, -0.2) is 47.0 Å². The molecule has 1 N–H and O–H groups in total. The van der Waals surface area contributed by atoms with E-state index in [1.54, 1.807) is 23.6 Å². The highest BCUT2D eigenvalue weighted by atomic mass is 32.1. The fourth-order valence-corrected chi connectivity index (χ4v) is 2.88. The van der Waals surface area contributed by atoms with E-state index in [9.17, 15) is 28.1 Å². The molecule has 1 aliphatic rings. The smallest absolute Gasteiger partial charge is 0.362 e. The lowest BCUT2D eigenvalue weighted by atomic mass is 10.1. The van der Waals surface area contributed by atoms with Crippen molar-refractivity contribution in [2.45, 2.75) is 20.0 Å². The van der Waals surface area contributed by atoms with Crippen LogP contribution < -0.4 is 10.2 Å². The van der Waals surface area contributed by atoms with Crippen LogP contribution >= 0.6 is 12.2 Å². The quantitative estimate of drug-likeness (QED) is 0.474. The molecule has 27 heavy (non-hydrogen) atoms. The molecule has 2 rings (SSSR count). The van der Waals surface area contributed by atoms with E-state index in [0.29, 0.717) is 32.2 Å². The molecule has 0 saturated carbocycles. The summed E-state index contributed by atoms with van der Waals surface area (Å²) in [7, 11) is 0. The lowest BCUT2D eigenvalue weighted by Crippen LogP contribution is -2.53. The fourth-order valence-electron chi connectivity index (χ4n) is 2.59. The van der Waals surface area contributed by atoms with Gasteiger partial charge in [0.05, 0.1) is 10.5 Å². The first-order valence-electron chi connectivity index (χ1n) is 8.21. The molecule has 0 spiro atoms. The molecule has 148 valence electrons. The number of amides is 1. The number of thiocarbonyl (C=S) groups is 1. The van der Waals surface area contributed by atoms with Gasteiger partial charge in [0.2, 0.25) is 5.91 Å². The Bertz CT molecular complexity index is 747. The first-order chi connectivity index (χ1) is 12.5. The van der Waals surface area contributed by atoms with E-state index in [0.717, 1.165) is 12.1 Å². The van der Waals surface area contributed by atoms with E-state index in [-0.39, 0.29) is 22.6 Å². The molecule has 0 bridgehead atoms. The second-order valence-electron chi connectivity index (χ2n) is 6.38. The molecule has 11 heteroatoms. The maximum atomic E-state index is 12.8. The molecule has 0 atom stereocenters.